The van der Waals surface area contributed by atoms with Crippen molar-refractivity contribution < 1.29 is 4.74 Å². The van der Waals surface area contributed by atoms with Crippen molar-refractivity contribution in [3.63, 3.8) is 0 Å². The van der Waals surface area contributed by atoms with E-state index >= 15 is 0 Å². The summed E-state index contributed by atoms with van der Waals surface area (Å²) in [6.45, 7) is 4.29. The normalized spacial score (nSPS) is 12.0. The lowest BCUT2D eigenvalue weighted by Gasteiger charge is -2.02. The van der Waals surface area contributed by atoms with Crippen LogP contribution < -0.4 is 9.54 Å². The molecule has 0 spiro atoms. The minimum Gasteiger partial charge on any atom is -0.497 e. The van der Waals surface area contributed by atoms with Crippen LogP contribution in [0.4, 0.5) is 0 Å². The summed E-state index contributed by atoms with van der Waals surface area (Å²) < 4.78 is 8.15. The van der Waals surface area contributed by atoms with E-state index in [1.807, 2.05) is 41.2 Å². The van der Waals surface area contributed by atoms with Crippen LogP contribution in [-0.2, 0) is 0 Å². The fraction of sp³-hybridized carbons (Fsp3) is 0.111. The zero-order valence-electron chi connectivity index (χ0n) is 13.6. The second-order valence-corrected chi connectivity index (χ2v) is 8.27. The third kappa shape index (κ3) is 4.36. The minimum atomic E-state index is 0.562. The molecule has 0 N–H and O–H groups in total. The first kappa shape index (κ1) is 17.8. The van der Waals surface area contributed by atoms with Gasteiger partial charge in [0.05, 0.1) is 34.2 Å². The van der Waals surface area contributed by atoms with E-state index in [0.29, 0.717) is 6.54 Å². The molecule has 3 rings (SSSR count). The van der Waals surface area contributed by atoms with Gasteiger partial charge in [-0.1, -0.05) is 6.08 Å². The smallest absolute Gasteiger partial charge is 0.206 e. The van der Waals surface area contributed by atoms with E-state index in [4.69, 9.17) is 4.74 Å². The van der Waals surface area contributed by atoms with Gasteiger partial charge in [-0.25, -0.2) is 4.68 Å². The number of rotatable bonds is 6. The molecule has 2 heterocycles. The number of halogens is 1. The molecule has 4 nitrogen and oxygen atoms in total. The Labute approximate surface area is 162 Å². The Balaban J connectivity index is 2.00. The van der Waals surface area contributed by atoms with Crippen molar-refractivity contribution in [2.24, 2.45) is 10.1 Å². The molecule has 0 bridgehead atoms. The predicted molar refractivity (Wildman–Crippen MR) is 110 cm³/mol. The number of methoxy groups -OCH3 is 1. The molecule has 0 amide bonds. The van der Waals surface area contributed by atoms with Crippen LogP contribution in [0.15, 0.2) is 68.3 Å². The van der Waals surface area contributed by atoms with Gasteiger partial charge in [-0.2, -0.15) is 5.10 Å². The van der Waals surface area contributed by atoms with Crippen molar-refractivity contribution in [1.29, 1.82) is 0 Å². The summed E-state index contributed by atoms with van der Waals surface area (Å²) in [4.78, 5) is 6.51. The third-order valence-corrected chi connectivity index (χ3v) is 5.80. The van der Waals surface area contributed by atoms with Crippen molar-refractivity contribution in [3.05, 3.63) is 68.6 Å². The van der Waals surface area contributed by atoms with E-state index in [-0.39, 0.29) is 0 Å². The van der Waals surface area contributed by atoms with E-state index in [1.165, 1.54) is 0 Å². The molecule has 0 radical (unpaired) electrons. The van der Waals surface area contributed by atoms with Crippen LogP contribution >= 0.6 is 38.6 Å². The first-order valence-corrected chi connectivity index (χ1v) is 9.96. The standard InChI is InChI=1S/C18H16BrN3OS2/c1-3-10-20-18-22(15(12-24-18)16-8-9-17(19)25-16)21-11-13-4-6-14(23-2)7-5-13/h3-9,11-12H,1,10H2,2H3. The summed E-state index contributed by atoms with van der Waals surface area (Å²) in [5.74, 6) is 0.825. The molecule has 0 aliphatic heterocycles. The Kier molecular flexibility index (Phi) is 6.01. The molecule has 0 fully saturated rings. The molecule has 7 heteroatoms. The van der Waals surface area contributed by atoms with Crippen LogP contribution in [0.25, 0.3) is 10.6 Å². The highest BCUT2D eigenvalue weighted by molar-refractivity contribution is 9.11. The molecule has 0 aliphatic rings. The highest BCUT2D eigenvalue weighted by atomic mass is 79.9. The van der Waals surface area contributed by atoms with Crippen LogP contribution in [0.3, 0.4) is 0 Å². The van der Waals surface area contributed by atoms with Gasteiger partial charge in [0.1, 0.15) is 5.75 Å². The quantitative estimate of drug-likeness (QED) is 0.397. The second-order valence-electron chi connectivity index (χ2n) is 4.97. The van der Waals surface area contributed by atoms with Crippen molar-refractivity contribution in [3.8, 4) is 16.3 Å². The van der Waals surface area contributed by atoms with Crippen LogP contribution in [-0.4, -0.2) is 24.5 Å². The lowest BCUT2D eigenvalue weighted by Crippen LogP contribution is -2.12. The minimum absolute atomic E-state index is 0.562. The molecule has 0 saturated carbocycles. The summed E-state index contributed by atoms with van der Waals surface area (Å²) >= 11 is 6.75. The average molecular weight is 434 g/mol. The van der Waals surface area contributed by atoms with Gasteiger partial charge in [0.15, 0.2) is 0 Å². The van der Waals surface area contributed by atoms with Gasteiger partial charge in [-0.15, -0.1) is 29.3 Å². The second kappa shape index (κ2) is 8.42. The maximum absolute atomic E-state index is 5.19. The van der Waals surface area contributed by atoms with Gasteiger partial charge in [0.25, 0.3) is 0 Å². The molecule has 128 valence electrons. The topological polar surface area (TPSA) is 38.9 Å². The maximum atomic E-state index is 5.19. The molecule has 0 aliphatic carbocycles. The highest BCUT2D eigenvalue weighted by Crippen LogP contribution is 2.31. The molecule has 3 aromatic rings. The Morgan fingerprint density at radius 1 is 1.24 bits per heavy atom. The van der Waals surface area contributed by atoms with Crippen molar-refractivity contribution in [2.75, 3.05) is 13.7 Å². The Hall–Kier alpha value is -1.96. The number of hydrogen-bond donors (Lipinski definition) is 0. The average Bonchev–Trinajstić information content (AvgIpc) is 3.24. The van der Waals surface area contributed by atoms with Gasteiger partial charge in [0, 0.05) is 5.38 Å². The molecule has 0 atom stereocenters. The van der Waals surface area contributed by atoms with Crippen LogP contribution in [0.5, 0.6) is 5.75 Å². The number of ether oxygens (including phenoxy) is 1. The molecule has 25 heavy (non-hydrogen) atoms. The SMILES string of the molecule is C=CCN=c1scc(-c2ccc(Br)s2)n1N=Cc1ccc(OC)cc1. The van der Waals surface area contributed by atoms with E-state index < -0.39 is 0 Å². The fourth-order valence-corrected chi connectivity index (χ4v) is 4.40. The van der Waals surface area contributed by atoms with Crippen LogP contribution in [0.1, 0.15) is 5.56 Å². The molecule has 0 unspecified atom stereocenters. The van der Waals surface area contributed by atoms with Gasteiger partial charge in [-0.3, -0.25) is 4.99 Å². The first-order valence-electron chi connectivity index (χ1n) is 7.47. The van der Waals surface area contributed by atoms with Gasteiger partial charge < -0.3 is 4.74 Å². The zero-order valence-corrected chi connectivity index (χ0v) is 16.8. The van der Waals surface area contributed by atoms with Crippen molar-refractivity contribution in [1.82, 2.24) is 4.68 Å². The Morgan fingerprint density at radius 3 is 2.68 bits per heavy atom. The van der Waals surface area contributed by atoms with Gasteiger partial charge in [0.2, 0.25) is 4.80 Å². The Morgan fingerprint density at radius 2 is 2.04 bits per heavy atom. The van der Waals surface area contributed by atoms with E-state index in [1.54, 1.807) is 35.9 Å². The monoisotopic (exact) mass is 433 g/mol. The third-order valence-electron chi connectivity index (χ3n) is 3.30. The van der Waals surface area contributed by atoms with Crippen molar-refractivity contribution >= 4 is 44.8 Å². The molecule has 0 saturated heterocycles. The zero-order chi connectivity index (χ0) is 17.6. The number of thiazole rings is 1. The van der Waals surface area contributed by atoms with Crippen LogP contribution in [0.2, 0.25) is 0 Å². The summed E-state index contributed by atoms with van der Waals surface area (Å²) in [5.41, 5.74) is 2.01. The van der Waals surface area contributed by atoms with Crippen LogP contribution in [0, 0.1) is 0 Å². The first-order chi connectivity index (χ1) is 12.2. The summed E-state index contributed by atoms with van der Waals surface area (Å²) in [6.07, 6.45) is 3.60. The number of benzene rings is 1. The maximum Gasteiger partial charge on any atom is 0.206 e. The Bertz CT molecular complexity index is 951. The summed E-state index contributed by atoms with van der Waals surface area (Å²) in [6, 6.07) is 11.9. The molecular weight excluding hydrogens is 418 g/mol. The van der Waals surface area contributed by atoms with Gasteiger partial charge in [-0.05, 0) is 57.9 Å². The molecular formula is C18H16BrN3OS2. The molecule has 1 aromatic carbocycles. The number of nitrogens with zero attached hydrogens (tertiary/aromatic N) is 3. The summed E-state index contributed by atoms with van der Waals surface area (Å²) in [5, 5.41) is 6.73. The summed E-state index contributed by atoms with van der Waals surface area (Å²) in [7, 11) is 1.66. The predicted octanol–water partition coefficient (Wildman–Crippen LogP) is 5.02. The largest absolute Gasteiger partial charge is 0.497 e. The fourth-order valence-electron chi connectivity index (χ4n) is 2.10. The number of thiophene rings is 1. The van der Waals surface area contributed by atoms with E-state index in [9.17, 15) is 0 Å². The van der Waals surface area contributed by atoms with E-state index in [0.717, 1.165) is 30.5 Å². The van der Waals surface area contributed by atoms with Crippen molar-refractivity contribution in [2.45, 2.75) is 0 Å². The molecule has 2 aromatic heterocycles. The number of hydrogen-bond acceptors (Lipinski definition) is 5. The van der Waals surface area contributed by atoms with E-state index in [2.05, 4.69) is 44.0 Å². The lowest BCUT2D eigenvalue weighted by atomic mass is 10.2. The number of aromatic nitrogens is 1. The van der Waals surface area contributed by atoms with Gasteiger partial charge >= 0.3 is 0 Å². The highest BCUT2D eigenvalue weighted by Gasteiger charge is 2.09. The lowest BCUT2D eigenvalue weighted by molar-refractivity contribution is 0.415.